The first kappa shape index (κ1) is 84.9. The van der Waals surface area contributed by atoms with E-state index in [9.17, 15) is 28.8 Å². The fourth-order valence-corrected chi connectivity index (χ4v) is 16.6. The molecule has 3 aliphatic carbocycles. The second kappa shape index (κ2) is 37.6. The van der Waals surface area contributed by atoms with E-state index in [2.05, 4.69) is 104 Å². The largest absolute Gasteiger partial charge is 0.496 e. The summed E-state index contributed by atoms with van der Waals surface area (Å²) in [5, 5.41) is 25.8. The van der Waals surface area contributed by atoms with E-state index in [1.165, 1.54) is 76.0 Å². The fourth-order valence-electron chi connectivity index (χ4n) is 16.0. The molecule has 644 valence electrons. The maximum Gasteiger partial charge on any atom is 0.260 e. The Labute approximate surface area is 726 Å². The van der Waals surface area contributed by atoms with Crippen LogP contribution in [0.2, 0.25) is 0 Å². The first-order chi connectivity index (χ1) is 60.6. The highest BCUT2D eigenvalue weighted by atomic mass is 32.1. The molecule has 18 rings (SSSR count). The van der Waals surface area contributed by atoms with Gasteiger partial charge in [0.05, 0.1) is 47.0 Å². The minimum absolute atomic E-state index is 0.00279. The molecule has 3 atom stereocenters. The number of ether oxygens (including phenoxy) is 1. The molecule has 0 radical (unpaired) electrons. The minimum atomic E-state index is -0.344. The molecule has 9 aromatic heterocycles. The number of carbonyl (C=O) groups excluding carboxylic acids is 6. The zero-order valence-electron chi connectivity index (χ0n) is 70.9. The number of likely N-dealkylation sites (tertiary alicyclic amines) is 3. The van der Waals surface area contributed by atoms with Gasteiger partial charge in [-0.3, -0.25) is 48.8 Å². The number of amides is 6. The second-order valence-corrected chi connectivity index (χ2v) is 33.7. The summed E-state index contributed by atoms with van der Waals surface area (Å²) >= 11 is 1.42. The van der Waals surface area contributed by atoms with Gasteiger partial charge in [0.25, 0.3) is 17.7 Å². The monoisotopic (exact) mass is 1700 g/mol. The molecule has 12 aromatic rings. The Morgan fingerprint density at radius 2 is 0.872 bits per heavy atom. The Morgan fingerprint density at radius 3 is 1.27 bits per heavy atom. The average molecular weight is 1710 g/mol. The van der Waals surface area contributed by atoms with Crippen LogP contribution >= 0.6 is 11.3 Å². The lowest BCUT2D eigenvalue weighted by Gasteiger charge is -2.16. The molecule has 12 heterocycles. The molecule has 35 heteroatoms. The van der Waals surface area contributed by atoms with Crippen molar-refractivity contribution in [3.63, 3.8) is 0 Å². The Bertz CT molecular complexity index is 6110. The van der Waals surface area contributed by atoms with Gasteiger partial charge in [-0.05, 0) is 171 Å². The van der Waals surface area contributed by atoms with E-state index >= 15 is 0 Å². The van der Waals surface area contributed by atoms with Crippen LogP contribution in [0.1, 0.15) is 130 Å². The van der Waals surface area contributed by atoms with E-state index in [1.54, 1.807) is 85.3 Å². The summed E-state index contributed by atoms with van der Waals surface area (Å²) in [5.74, 6) is 1.51. The van der Waals surface area contributed by atoms with Crippen LogP contribution in [-0.2, 0) is 20.8 Å². The van der Waals surface area contributed by atoms with Crippen molar-refractivity contribution in [1.29, 1.82) is 0 Å². The number of aryl methyl sites for hydroxylation is 3. The summed E-state index contributed by atoms with van der Waals surface area (Å²) in [6.07, 6.45) is 30.8. The number of hydrogen-bond donors (Lipinski definition) is 6. The predicted octanol–water partition coefficient (Wildman–Crippen LogP) is 10.7. The number of pyridine rings is 2. The number of nitrogens with two attached hydrogens (primary N) is 3. The van der Waals surface area contributed by atoms with Gasteiger partial charge in [0, 0.05) is 147 Å². The van der Waals surface area contributed by atoms with Gasteiger partial charge < -0.3 is 47.3 Å². The number of carbonyl (C=O) groups is 6. The third kappa shape index (κ3) is 19.7. The van der Waals surface area contributed by atoms with E-state index in [0.29, 0.717) is 170 Å². The number of anilines is 6. The van der Waals surface area contributed by atoms with Crippen molar-refractivity contribution < 1.29 is 33.5 Å². The molecule has 125 heavy (non-hydrogen) atoms. The van der Waals surface area contributed by atoms with Crippen molar-refractivity contribution in [3.8, 4) is 39.5 Å². The van der Waals surface area contributed by atoms with Crippen molar-refractivity contribution in [2.24, 2.45) is 0 Å². The Hall–Kier alpha value is -13.6. The number of thiazole rings is 1. The first-order valence-electron chi connectivity index (χ1n) is 42.2. The van der Waals surface area contributed by atoms with E-state index in [1.807, 2.05) is 103 Å². The number of likely N-dealkylation sites (N-methyl/N-ethyl adjacent to an activating group) is 3. The van der Waals surface area contributed by atoms with E-state index in [0.717, 1.165) is 72.4 Å². The molecule has 3 aliphatic heterocycles. The highest BCUT2D eigenvalue weighted by Crippen LogP contribution is 2.40. The van der Waals surface area contributed by atoms with Gasteiger partial charge in [-0.1, -0.05) is 55.5 Å². The van der Waals surface area contributed by atoms with Crippen molar-refractivity contribution in [2.75, 3.05) is 120 Å². The second-order valence-electron chi connectivity index (χ2n) is 32.5. The topological polar surface area (TPSA) is 415 Å². The molecular weight excluding hydrogens is 1600 g/mol. The number of aromatic nitrogens is 15. The van der Waals surface area contributed by atoms with Gasteiger partial charge in [0.15, 0.2) is 22.1 Å². The Morgan fingerprint density at radius 1 is 0.472 bits per heavy atom. The Balaban J connectivity index is 0.000000138. The number of nitrogen functional groups attached to an aromatic ring is 3. The number of methoxy groups -OCH3 is 1. The lowest BCUT2D eigenvalue weighted by Crippen LogP contribution is -2.28. The normalized spacial score (nSPS) is 17.1. The van der Waals surface area contributed by atoms with Gasteiger partial charge in [0.1, 0.15) is 70.9 Å². The molecule has 9 N–H and O–H groups in total. The molecule has 6 aliphatic rings. The maximum atomic E-state index is 13.1. The zero-order valence-corrected chi connectivity index (χ0v) is 71.7. The molecule has 0 spiro atoms. The average Bonchev–Trinajstić information content (AvgIpc) is 1.61. The summed E-state index contributed by atoms with van der Waals surface area (Å²) in [5.41, 5.74) is 28.4. The van der Waals surface area contributed by atoms with E-state index in [4.69, 9.17) is 37.2 Å². The fraction of sp³-hybridized carbons (Fsp3) is 0.356. The molecule has 0 bridgehead atoms. The molecule has 6 fully saturated rings. The maximum absolute atomic E-state index is 13.1. The Kier molecular flexibility index (Phi) is 25.6. The standard InChI is InChI=1S/C31H35N9O3.C31H35N9O2.C28H31N9O2S/c1-19-10-12-33-25(15-19)36-31(42)23-9-6-20(16-24(23)43-3)28-27-29(32)34-18-35-30(27)40(37-28)22-11-14-39(17-22)26(41)5-4-13-38(2)21-7-8-21;1-3-20-12-14-33-25(17-20)36-31(42)22-8-6-21(7-9-22)28-27-29(32)34-19-35-30(27)40(37-28)24-13-16-39(18-24)26(41)5-4-15-38(2)23-10-11-23;1-17-14-30-28(40-17)33-27(39)19-7-5-18(6-8-19)24-23-25(29)31-16-32-26(23)37(34-24)21-11-13-36(15-21)22(38)4-3-12-35(2)20-9-10-20/h4-6,9-10,12,15-16,18,21-22H,7-8,11,13-14,17H2,1-3H3,(H2,32,34,35)(H,33,36,42);4-9,12,14,17,19,23-24H,3,10-11,13,15-16,18H2,1-2H3,(H2,32,34,35)(H,33,36,42);3-8,14,16,20-21H,9-13,15H2,1-2H3,(H2,29,31,32)(H,30,33,39)/b2*5-4+;4-3+/t22-;24-;21-/m111/s1. The SMILES string of the molecule is CCc1ccnc(NC(=O)c2ccc(-c3nn([C@@H]4CCN(C(=O)/C=C/CN(C)C5CC5)C4)c4ncnc(N)c34)cc2)c1.COc1cc(-c2nn([C@@H]3CCN(C(=O)/C=C/CN(C)C4CC4)C3)c3ncnc(N)c23)ccc1C(=O)Nc1cc(C)ccn1.Cc1cnc(NC(=O)c2ccc(-c3nn([C@@H]4CCN(C(=O)/C=C/CN(C)C5CC5)C4)c4ncnc(N)c34)cc2)s1. The molecule has 34 nitrogen and oxygen atoms in total. The summed E-state index contributed by atoms with van der Waals surface area (Å²) in [7, 11) is 7.79. The number of fused-ring (bicyclic) bond motifs is 3. The molecule has 3 aromatic carbocycles. The molecular formula is C90H101N27O7S. The van der Waals surface area contributed by atoms with Crippen molar-refractivity contribution in [1.82, 2.24) is 104 Å². The number of hydrogen-bond acceptors (Lipinski definition) is 26. The lowest BCUT2D eigenvalue weighted by molar-refractivity contribution is -0.125. The van der Waals surface area contributed by atoms with Crippen LogP contribution in [0.5, 0.6) is 5.75 Å². The van der Waals surface area contributed by atoms with Crippen LogP contribution in [-0.4, -0.2) is 244 Å². The number of nitrogens with one attached hydrogen (secondary N) is 3. The number of nitrogens with zero attached hydrogens (tertiary/aromatic N) is 21. The van der Waals surface area contributed by atoms with Gasteiger partial charge >= 0.3 is 0 Å². The molecule has 0 unspecified atom stereocenters. The van der Waals surface area contributed by atoms with Gasteiger partial charge in [-0.25, -0.2) is 58.9 Å². The van der Waals surface area contributed by atoms with Crippen LogP contribution in [0.4, 0.5) is 34.2 Å². The van der Waals surface area contributed by atoms with Crippen LogP contribution in [0.15, 0.2) is 165 Å². The summed E-state index contributed by atoms with van der Waals surface area (Å²) in [4.78, 5) is 130. The number of benzene rings is 3. The van der Waals surface area contributed by atoms with E-state index in [-0.39, 0.29) is 53.6 Å². The molecule has 3 saturated heterocycles. The van der Waals surface area contributed by atoms with Crippen molar-refractivity contribution in [3.05, 3.63) is 198 Å². The van der Waals surface area contributed by atoms with Crippen LogP contribution in [0.3, 0.4) is 0 Å². The third-order valence-electron chi connectivity index (χ3n) is 23.5. The smallest absolute Gasteiger partial charge is 0.260 e. The van der Waals surface area contributed by atoms with Crippen molar-refractivity contribution in [2.45, 2.75) is 121 Å². The van der Waals surface area contributed by atoms with Crippen LogP contribution in [0.25, 0.3) is 66.9 Å². The van der Waals surface area contributed by atoms with Crippen LogP contribution in [0, 0.1) is 13.8 Å². The van der Waals surface area contributed by atoms with E-state index < -0.39 is 0 Å². The van der Waals surface area contributed by atoms with Gasteiger partial charge in [-0.2, -0.15) is 15.3 Å². The summed E-state index contributed by atoms with van der Waals surface area (Å²) in [6, 6.07) is 28.9. The van der Waals surface area contributed by atoms with Crippen LogP contribution < -0.4 is 37.9 Å². The predicted molar refractivity (Wildman–Crippen MR) is 480 cm³/mol. The first-order valence-corrected chi connectivity index (χ1v) is 43.0. The number of rotatable bonds is 26. The highest BCUT2D eigenvalue weighted by Gasteiger charge is 2.36. The minimum Gasteiger partial charge on any atom is -0.496 e. The third-order valence-corrected chi connectivity index (χ3v) is 24.4. The summed E-state index contributed by atoms with van der Waals surface area (Å²) in [6.45, 7) is 11.7. The highest BCUT2D eigenvalue weighted by molar-refractivity contribution is 7.15. The van der Waals surface area contributed by atoms with Gasteiger partial charge in [0.2, 0.25) is 17.7 Å². The lowest BCUT2D eigenvalue weighted by atomic mass is 10.1. The van der Waals surface area contributed by atoms with Crippen molar-refractivity contribution >= 4 is 114 Å². The summed E-state index contributed by atoms with van der Waals surface area (Å²) < 4.78 is 11.2. The molecule has 3 saturated carbocycles. The molecule has 6 amide bonds. The zero-order chi connectivity index (χ0) is 87.1. The van der Waals surface area contributed by atoms with Gasteiger partial charge in [-0.15, -0.1) is 11.3 Å². The quantitative estimate of drug-likeness (QED) is 0.0274.